The highest BCUT2D eigenvalue weighted by Crippen LogP contribution is 2.41. The van der Waals surface area contributed by atoms with Gasteiger partial charge in [-0.15, -0.1) is 6.42 Å². The van der Waals surface area contributed by atoms with E-state index in [0.717, 1.165) is 12.8 Å². The standard InChI is InChI=1S/C33H32F2N6O3/c1-2-24-26(35)7-4-19-12-23(42)13-27(28(19)24)40-11-8-25-29(31(40)43)37-32(38-30(25)41-17-21-5-6-22(41)15-36-21)44-18-33-9-3-10-39(33)16-20(34)14-33/h1,4,7-8,11-13,20-22,36,42H,3,5-6,9-10,14-18H2/t20-,21?,22?,33+/m1/s1/i18D2,20D. The number of aromatic hydroxyl groups is 1. The van der Waals surface area contributed by atoms with Gasteiger partial charge in [0.2, 0.25) is 0 Å². The van der Waals surface area contributed by atoms with Crippen LogP contribution in [-0.4, -0.2) is 81.0 Å². The van der Waals surface area contributed by atoms with Crippen LogP contribution in [0.25, 0.3) is 27.4 Å². The molecule has 9 nitrogen and oxygen atoms in total. The number of halogens is 2. The van der Waals surface area contributed by atoms with Crippen LogP contribution in [0.3, 0.4) is 0 Å². The van der Waals surface area contributed by atoms with Crippen molar-refractivity contribution in [2.24, 2.45) is 0 Å². The SMILES string of the molecule is [2H]C([2H])(Oc1nc(N2CC3CCC2CN3)c2ccn(-c3cc(O)cc4ccc(F)c(C#C)c34)c(=O)c2n1)[C@@]12CCCN1C[C@]([2H])(F)C2. The van der Waals surface area contributed by atoms with Gasteiger partial charge in [-0.1, -0.05) is 12.0 Å². The first-order valence-corrected chi connectivity index (χ1v) is 14.9. The van der Waals surface area contributed by atoms with E-state index in [1.165, 1.54) is 35.0 Å². The van der Waals surface area contributed by atoms with E-state index in [9.17, 15) is 18.7 Å². The van der Waals surface area contributed by atoms with Gasteiger partial charge in [-0.05, 0) is 55.8 Å². The summed E-state index contributed by atoms with van der Waals surface area (Å²) in [5.41, 5.74) is -2.06. The van der Waals surface area contributed by atoms with Crippen molar-refractivity contribution in [3.8, 4) is 29.8 Å². The third kappa shape index (κ3) is 4.23. The third-order valence-electron chi connectivity index (χ3n) is 9.57. The summed E-state index contributed by atoms with van der Waals surface area (Å²) in [6.07, 6.45) is 7.27. The zero-order valence-electron chi connectivity index (χ0n) is 26.8. The molecular formula is C33H32F2N6O3. The van der Waals surface area contributed by atoms with E-state index in [1.807, 2.05) is 0 Å². The van der Waals surface area contributed by atoms with Crippen LogP contribution in [0.5, 0.6) is 11.8 Å². The zero-order valence-corrected chi connectivity index (χ0v) is 23.8. The normalized spacial score (nSPS) is 29.4. The topological polar surface area (TPSA) is 95.8 Å². The predicted molar refractivity (Wildman–Crippen MR) is 163 cm³/mol. The van der Waals surface area contributed by atoms with Crippen LogP contribution in [0.2, 0.25) is 0 Å². The lowest BCUT2D eigenvalue weighted by molar-refractivity contribution is 0.107. The Morgan fingerprint density at radius 3 is 2.93 bits per heavy atom. The Morgan fingerprint density at radius 2 is 2.16 bits per heavy atom. The molecule has 4 aromatic rings. The molecule has 5 fully saturated rings. The lowest BCUT2D eigenvalue weighted by Gasteiger charge is -2.46. The lowest BCUT2D eigenvalue weighted by Crippen LogP contribution is -2.61. The molecule has 2 unspecified atom stereocenters. The monoisotopic (exact) mass is 601 g/mol. The van der Waals surface area contributed by atoms with Gasteiger partial charge in [-0.3, -0.25) is 14.3 Å². The van der Waals surface area contributed by atoms with Crippen LogP contribution in [0.15, 0.2) is 41.3 Å². The van der Waals surface area contributed by atoms with E-state index >= 15 is 0 Å². The first-order valence-electron chi connectivity index (χ1n) is 16.4. The molecule has 0 amide bonds. The van der Waals surface area contributed by atoms with Gasteiger partial charge < -0.3 is 20.1 Å². The molecule has 2 bridgehead atoms. The molecule has 5 saturated heterocycles. The van der Waals surface area contributed by atoms with Gasteiger partial charge in [0, 0.05) is 55.8 Å². The number of benzene rings is 2. The predicted octanol–water partition coefficient (Wildman–Crippen LogP) is 3.66. The fourth-order valence-corrected chi connectivity index (χ4v) is 7.48. The van der Waals surface area contributed by atoms with Gasteiger partial charge in [-0.25, -0.2) is 8.78 Å². The summed E-state index contributed by atoms with van der Waals surface area (Å²) in [5.74, 6) is 1.95. The Balaban J connectivity index is 1.32. The van der Waals surface area contributed by atoms with E-state index in [-0.39, 0.29) is 65.4 Å². The minimum absolute atomic E-state index is 0.0653. The number of nitrogens with one attached hydrogen (secondary N) is 1. The second-order valence-electron chi connectivity index (χ2n) is 12.2. The number of hydrogen-bond donors (Lipinski definition) is 2. The molecule has 0 spiro atoms. The Kier molecular flexibility index (Phi) is 5.55. The smallest absolute Gasteiger partial charge is 0.319 e. The van der Waals surface area contributed by atoms with Crippen molar-refractivity contribution in [2.75, 3.05) is 37.6 Å². The second kappa shape index (κ2) is 10.1. The van der Waals surface area contributed by atoms with E-state index in [2.05, 4.69) is 21.1 Å². The number of anilines is 1. The summed E-state index contributed by atoms with van der Waals surface area (Å²) in [4.78, 5) is 27.3. The quantitative estimate of drug-likeness (QED) is 0.335. The molecule has 7 heterocycles. The molecule has 226 valence electrons. The van der Waals surface area contributed by atoms with Crippen LogP contribution < -0.4 is 20.5 Å². The molecular weight excluding hydrogens is 566 g/mol. The Bertz CT molecular complexity index is 2060. The number of pyridine rings is 1. The second-order valence-corrected chi connectivity index (χ2v) is 12.2. The fourth-order valence-electron chi connectivity index (χ4n) is 7.48. The van der Waals surface area contributed by atoms with Crippen LogP contribution in [0, 0.1) is 18.2 Å². The maximum Gasteiger partial charge on any atom is 0.319 e. The number of ether oxygens (including phenoxy) is 1. The van der Waals surface area contributed by atoms with Gasteiger partial charge >= 0.3 is 6.01 Å². The van der Waals surface area contributed by atoms with Crippen molar-refractivity contribution in [1.82, 2.24) is 24.8 Å². The summed E-state index contributed by atoms with van der Waals surface area (Å²) in [6, 6.07) is 6.96. The van der Waals surface area contributed by atoms with Gasteiger partial charge in [0.1, 0.15) is 35.6 Å². The van der Waals surface area contributed by atoms with E-state index < -0.39 is 29.6 Å². The Labute approximate surface area is 256 Å². The number of nitrogens with zero attached hydrogens (tertiary/aromatic N) is 5. The van der Waals surface area contributed by atoms with E-state index in [4.69, 9.17) is 20.3 Å². The zero-order chi connectivity index (χ0) is 32.9. The maximum atomic E-state index is 15.0. The number of rotatable bonds is 5. The molecule has 5 aliphatic rings. The van der Waals surface area contributed by atoms with Gasteiger partial charge in [0.25, 0.3) is 5.56 Å². The molecule has 9 rings (SSSR count). The average Bonchev–Trinajstić information content (AvgIpc) is 3.55. The van der Waals surface area contributed by atoms with Gasteiger partial charge in [-0.2, -0.15) is 9.97 Å². The first-order chi connectivity index (χ1) is 22.4. The number of phenols is 1. The summed E-state index contributed by atoms with van der Waals surface area (Å²) in [5, 5.41) is 15.1. The summed E-state index contributed by atoms with van der Waals surface area (Å²) < 4.78 is 63.2. The molecule has 0 aliphatic carbocycles. The average molecular weight is 602 g/mol. The minimum Gasteiger partial charge on any atom is -0.508 e. The highest BCUT2D eigenvalue weighted by Gasteiger charge is 2.49. The van der Waals surface area contributed by atoms with Crippen molar-refractivity contribution >= 4 is 27.5 Å². The van der Waals surface area contributed by atoms with Gasteiger partial charge in [0.15, 0.2) is 0 Å². The first kappa shape index (κ1) is 24.1. The van der Waals surface area contributed by atoms with Gasteiger partial charge in [0.05, 0.1) is 26.3 Å². The van der Waals surface area contributed by atoms with E-state index in [0.29, 0.717) is 42.6 Å². The number of fused-ring (bicyclic) bond motifs is 6. The fraction of sp³-hybridized carbons (Fsp3) is 0.424. The molecule has 2 aromatic carbocycles. The molecule has 2 aromatic heterocycles. The molecule has 5 aliphatic heterocycles. The summed E-state index contributed by atoms with van der Waals surface area (Å²) in [7, 11) is 0. The van der Waals surface area contributed by atoms with E-state index in [1.54, 1.807) is 11.0 Å². The third-order valence-corrected chi connectivity index (χ3v) is 9.57. The molecule has 0 saturated carbocycles. The highest BCUT2D eigenvalue weighted by molar-refractivity contribution is 5.97. The molecule has 11 heteroatoms. The number of phenolic OH excluding ortho intramolecular Hbond substituents is 1. The van der Waals surface area contributed by atoms with Crippen LogP contribution in [0.4, 0.5) is 14.6 Å². The number of terminal acetylenes is 1. The Hall–Kier alpha value is -4.27. The number of piperazine rings is 1. The van der Waals surface area contributed by atoms with Crippen molar-refractivity contribution in [2.45, 2.75) is 55.9 Å². The minimum atomic E-state index is -2.50. The number of hydrogen-bond acceptors (Lipinski definition) is 8. The lowest BCUT2D eigenvalue weighted by atomic mass is 9.93. The maximum absolute atomic E-state index is 15.0. The van der Waals surface area contributed by atoms with Crippen LogP contribution in [0.1, 0.15) is 41.8 Å². The number of alkyl halides is 1. The molecule has 0 radical (unpaired) electrons. The largest absolute Gasteiger partial charge is 0.508 e. The molecule has 2 N–H and O–H groups in total. The van der Waals surface area contributed by atoms with Crippen molar-refractivity contribution in [3.63, 3.8) is 0 Å². The number of aromatic nitrogens is 3. The van der Waals surface area contributed by atoms with Crippen molar-refractivity contribution in [1.29, 1.82) is 0 Å². The molecule has 4 atom stereocenters. The summed E-state index contributed by atoms with van der Waals surface area (Å²) >= 11 is 0. The van der Waals surface area contributed by atoms with Crippen LogP contribution >= 0.6 is 0 Å². The highest BCUT2D eigenvalue weighted by atomic mass is 19.1. The Morgan fingerprint density at radius 1 is 1.27 bits per heavy atom. The number of piperidine rings is 2. The molecule has 44 heavy (non-hydrogen) atoms. The summed E-state index contributed by atoms with van der Waals surface area (Å²) in [6.45, 7) is -0.980. The van der Waals surface area contributed by atoms with Crippen LogP contribution in [-0.2, 0) is 0 Å². The van der Waals surface area contributed by atoms with Crippen molar-refractivity contribution in [3.05, 3.63) is 58.3 Å². The van der Waals surface area contributed by atoms with Crippen molar-refractivity contribution < 1.29 is 22.7 Å².